The summed E-state index contributed by atoms with van der Waals surface area (Å²) in [5.41, 5.74) is 0. The molecule has 1 aromatic heterocycles. The van der Waals surface area contributed by atoms with Crippen molar-refractivity contribution in [2.24, 2.45) is 11.8 Å². The van der Waals surface area contributed by atoms with Gasteiger partial charge in [0, 0.05) is 19.0 Å². The number of nitrogens with zero attached hydrogens (tertiary/aromatic N) is 3. The van der Waals surface area contributed by atoms with Gasteiger partial charge in [0.05, 0.1) is 6.54 Å². The van der Waals surface area contributed by atoms with Crippen LogP contribution in [0.5, 0.6) is 0 Å². The third-order valence-electron chi connectivity index (χ3n) is 4.92. The van der Waals surface area contributed by atoms with Crippen LogP contribution < -0.4 is 5.32 Å². The zero-order valence-electron chi connectivity index (χ0n) is 12.3. The molecule has 1 aliphatic heterocycles. The van der Waals surface area contributed by atoms with Crippen molar-refractivity contribution in [2.75, 3.05) is 13.1 Å². The Bertz CT molecular complexity index is 513. The summed E-state index contributed by atoms with van der Waals surface area (Å²) in [6.07, 6.45) is 7.40. The number of amides is 2. The van der Waals surface area contributed by atoms with Gasteiger partial charge in [0.25, 0.3) is 0 Å². The minimum Gasteiger partial charge on any atom is -0.339 e. The highest BCUT2D eigenvalue weighted by Gasteiger charge is 2.34. The van der Waals surface area contributed by atoms with Crippen LogP contribution in [0.1, 0.15) is 56.2 Å². The lowest BCUT2D eigenvalue weighted by Crippen LogP contribution is -2.44. The quantitative estimate of drug-likeness (QED) is 0.923. The van der Waals surface area contributed by atoms with Crippen molar-refractivity contribution in [3.05, 3.63) is 11.7 Å². The molecular formula is C15H22N4O2. The fraction of sp³-hybridized carbons (Fsp3) is 0.800. The lowest BCUT2D eigenvalue weighted by Gasteiger charge is -2.32. The minimum absolute atomic E-state index is 0.00187. The Morgan fingerprint density at radius 2 is 1.86 bits per heavy atom. The molecule has 2 amide bonds. The molecule has 3 aliphatic rings. The molecule has 2 saturated carbocycles. The van der Waals surface area contributed by atoms with Crippen LogP contribution in [0.2, 0.25) is 0 Å². The zero-order valence-corrected chi connectivity index (χ0v) is 12.3. The van der Waals surface area contributed by atoms with Gasteiger partial charge in [-0.05, 0) is 50.4 Å². The first-order valence-electron chi connectivity index (χ1n) is 8.15. The van der Waals surface area contributed by atoms with Crippen molar-refractivity contribution in [1.82, 2.24) is 20.4 Å². The van der Waals surface area contributed by atoms with Crippen molar-refractivity contribution >= 4 is 6.03 Å². The van der Waals surface area contributed by atoms with Crippen LogP contribution in [0.25, 0.3) is 0 Å². The third kappa shape index (κ3) is 3.04. The smallest absolute Gasteiger partial charge is 0.317 e. The highest BCUT2D eigenvalue weighted by Crippen LogP contribution is 2.41. The summed E-state index contributed by atoms with van der Waals surface area (Å²) in [5, 5.41) is 6.82. The summed E-state index contributed by atoms with van der Waals surface area (Å²) in [7, 11) is 0. The second-order valence-corrected chi connectivity index (χ2v) is 6.64. The van der Waals surface area contributed by atoms with Gasteiger partial charge in [-0.2, -0.15) is 4.98 Å². The second kappa shape index (κ2) is 5.31. The SMILES string of the molecule is O=C(NCc1noc(C2CC2)n1)N1CCC(C2CC2)CC1. The van der Waals surface area contributed by atoms with E-state index in [1.807, 2.05) is 4.90 Å². The molecule has 1 aromatic rings. The highest BCUT2D eigenvalue weighted by atomic mass is 16.5. The summed E-state index contributed by atoms with van der Waals surface area (Å²) in [6.45, 7) is 2.12. The van der Waals surface area contributed by atoms with E-state index in [1.54, 1.807) is 0 Å². The highest BCUT2D eigenvalue weighted by molar-refractivity contribution is 5.74. The normalized spacial score (nSPS) is 23.3. The van der Waals surface area contributed by atoms with E-state index in [2.05, 4.69) is 15.5 Å². The van der Waals surface area contributed by atoms with Crippen molar-refractivity contribution in [1.29, 1.82) is 0 Å². The van der Waals surface area contributed by atoms with Crippen LogP contribution in [0.15, 0.2) is 4.52 Å². The Balaban J connectivity index is 1.23. The average molecular weight is 290 g/mol. The molecular weight excluding hydrogens is 268 g/mol. The Labute approximate surface area is 124 Å². The Hall–Kier alpha value is -1.59. The molecule has 0 bridgehead atoms. The average Bonchev–Trinajstić information content (AvgIpc) is 3.43. The number of likely N-dealkylation sites (tertiary alicyclic amines) is 1. The van der Waals surface area contributed by atoms with Crippen molar-refractivity contribution in [3.63, 3.8) is 0 Å². The molecule has 2 aliphatic carbocycles. The Morgan fingerprint density at radius 1 is 1.14 bits per heavy atom. The van der Waals surface area contributed by atoms with E-state index < -0.39 is 0 Å². The van der Waals surface area contributed by atoms with E-state index in [4.69, 9.17) is 4.52 Å². The van der Waals surface area contributed by atoms with E-state index in [0.717, 1.165) is 56.5 Å². The number of piperidine rings is 1. The van der Waals surface area contributed by atoms with Crippen LogP contribution in [-0.4, -0.2) is 34.2 Å². The fourth-order valence-electron chi connectivity index (χ4n) is 3.24. The Kier molecular flexibility index (Phi) is 3.31. The number of urea groups is 1. The van der Waals surface area contributed by atoms with Gasteiger partial charge in [-0.3, -0.25) is 0 Å². The topological polar surface area (TPSA) is 71.3 Å². The second-order valence-electron chi connectivity index (χ2n) is 6.64. The maximum atomic E-state index is 12.1. The van der Waals surface area contributed by atoms with E-state index in [9.17, 15) is 4.79 Å². The first-order chi connectivity index (χ1) is 10.3. The molecule has 6 heteroatoms. The molecule has 3 fully saturated rings. The van der Waals surface area contributed by atoms with Crippen molar-refractivity contribution in [3.8, 4) is 0 Å². The number of nitrogens with one attached hydrogen (secondary N) is 1. The maximum absolute atomic E-state index is 12.1. The molecule has 0 aromatic carbocycles. The first-order valence-corrected chi connectivity index (χ1v) is 8.15. The van der Waals surface area contributed by atoms with Gasteiger partial charge < -0.3 is 14.7 Å². The molecule has 0 radical (unpaired) electrons. The van der Waals surface area contributed by atoms with Crippen LogP contribution in [-0.2, 0) is 6.54 Å². The van der Waals surface area contributed by atoms with Crippen LogP contribution in [0, 0.1) is 11.8 Å². The number of aromatic nitrogens is 2. The minimum atomic E-state index is 0.00187. The van der Waals surface area contributed by atoms with Crippen LogP contribution in [0.4, 0.5) is 4.79 Å². The molecule has 0 spiro atoms. The molecule has 2 heterocycles. The molecule has 6 nitrogen and oxygen atoms in total. The van der Waals surface area contributed by atoms with Gasteiger partial charge in [-0.25, -0.2) is 4.79 Å². The first kappa shape index (κ1) is 13.1. The van der Waals surface area contributed by atoms with E-state index in [0.29, 0.717) is 18.3 Å². The summed E-state index contributed by atoms with van der Waals surface area (Å²) >= 11 is 0. The van der Waals surface area contributed by atoms with Gasteiger partial charge in [-0.15, -0.1) is 0 Å². The summed E-state index contributed by atoms with van der Waals surface area (Å²) in [4.78, 5) is 18.4. The molecule has 114 valence electrons. The maximum Gasteiger partial charge on any atom is 0.317 e. The zero-order chi connectivity index (χ0) is 14.2. The van der Waals surface area contributed by atoms with E-state index in [-0.39, 0.29) is 6.03 Å². The largest absolute Gasteiger partial charge is 0.339 e. The summed E-state index contributed by atoms with van der Waals surface area (Å²) in [5.74, 6) is 3.58. The van der Waals surface area contributed by atoms with E-state index in [1.165, 1.54) is 12.8 Å². The number of carbonyl (C=O) groups is 1. The number of hydrogen-bond donors (Lipinski definition) is 1. The van der Waals surface area contributed by atoms with Crippen LogP contribution in [0.3, 0.4) is 0 Å². The van der Waals surface area contributed by atoms with Crippen LogP contribution >= 0.6 is 0 Å². The summed E-state index contributed by atoms with van der Waals surface area (Å²) < 4.78 is 5.19. The molecule has 0 unspecified atom stereocenters. The fourth-order valence-corrected chi connectivity index (χ4v) is 3.24. The number of rotatable bonds is 4. The van der Waals surface area contributed by atoms with Gasteiger partial charge in [0.15, 0.2) is 5.82 Å². The summed E-state index contributed by atoms with van der Waals surface area (Å²) in [6, 6.07) is 0.00187. The lowest BCUT2D eigenvalue weighted by atomic mass is 9.92. The predicted octanol–water partition coefficient (Wildman–Crippen LogP) is 2.28. The van der Waals surface area contributed by atoms with Crippen molar-refractivity contribution in [2.45, 2.75) is 51.0 Å². The van der Waals surface area contributed by atoms with E-state index >= 15 is 0 Å². The monoisotopic (exact) mass is 290 g/mol. The number of hydrogen-bond acceptors (Lipinski definition) is 4. The number of carbonyl (C=O) groups excluding carboxylic acids is 1. The lowest BCUT2D eigenvalue weighted by molar-refractivity contribution is 0.164. The standard InChI is InChI=1S/C15H22N4O2/c20-15(19-7-5-11(6-8-19)10-1-2-10)16-9-13-17-14(21-18-13)12-3-4-12/h10-12H,1-9H2,(H,16,20). The molecule has 0 atom stereocenters. The Morgan fingerprint density at radius 3 is 2.52 bits per heavy atom. The van der Waals surface area contributed by atoms with Gasteiger partial charge in [-0.1, -0.05) is 5.16 Å². The molecule has 4 rings (SSSR count). The molecule has 21 heavy (non-hydrogen) atoms. The van der Waals surface area contributed by atoms with Gasteiger partial charge in [0.1, 0.15) is 0 Å². The van der Waals surface area contributed by atoms with Gasteiger partial charge in [0.2, 0.25) is 5.89 Å². The van der Waals surface area contributed by atoms with Gasteiger partial charge >= 0.3 is 6.03 Å². The molecule has 1 saturated heterocycles. The van der Waals surface area contributed by atoms with Crippen molar-refractivity contribution < 1.29 is 9.32 Å². The molecule has 1 N–H and O–H groups in total. The third-order valence-corrected chi connectivity index (χ3v) is 4.92. The predicted molar refractivity (Wildman–Crippen MR) is 75.5 cm³/mol.